The van der Waals surface area contributed by atoms with Gasteiger partial charge in [0.2, 0.25) is 0 Å². The van der Waals surface area contributed by atoms with Gasteiger partial charge in [-0.05, 0) is 0 Å². The molecule has 0 unspecified atom stereocenters. The van der Waals surface area contributed by atoms with Crippen molar-refractivity contribution < 1.29 is 48.0 Å². The van der Waals surface area contributed by atoms with Gasteiger partial charge in [-0.3, -0.25) is 0 Å². The molecule has 0 atom stereocenters. The number of rotatable bonds is 5. The first-order valence-corrected chi connectivity index (χ1v) is 12.9. The van der Waals surface area contributed by atoms with Crippen molar-refractivity contribution in [3.05, 3.63) is 41.6 Å². The van der Waals surface area contributed by atoms with E-state index in [-0.39, 0.29) is 24.8 Å². The number of allylic oxidation sites excluding steroid dienone is 8. The molecule has 1 fully saturated rings. The molecule has 0 spiro atoms. The SMILES string of the molecule is CCC[Si]1(C2=[C]([Zr+2][C]3=CC=CC3)C(C)=CC2)CCC1.[Cl-].[Cl-]. The van der Waals surface area contributed by atoms with Crippen molar-refractivity contribution in [1.29, 1.82) is 0 Å². The van der Waals surface area contributed by atoms with Crippen LogP contribution in [-0.4, -0.2) is 8.07 Å². The van der Waals surface area contributed by atoms with Crippen LogP contribution in [0, 0.1) is 0 Å². The molecule has 1 heterocycles. The molecule has 2 aliphatic carbocycles. The minimum absolute atomic E-state index is 0. The fourth-order valence-corrected chi connectivity index (χ4v) is 14.1. The summed E-state index contributed by atoms with van der Waals surface area (Å²) < 4.78 is 3.73. The molecule has 4 heteroatoms. The molecule has 0 aromatic carbocycles. The summed E-state index contributed by atoms with van der Waals surface area (Å²) >= 11 is -0.471. The Balaban J connectivity index is 0.00000110. The van der Waals surface area contributed by atoms with Gasteiger partial charge in [0, 0.05) is 0 Å². The zero-order chi connectivity index (χ0) is 13.3. The van der Waals surface area contributed by atoms with Crippen LogP contribution in [0.4, 0.5) is 0 Å². The second-order valence-electron chi connectivity index (χ2n) is 6.28. The largest absolute Gasteiger partial charge is 1.00 e. The Hall–Kier alpha value is 0.640. The van der Waals surface area contributed by atoms with Crippen molar-refractivity contribution in [2.45, 2.75) is 57.7 Å². The molecule has 0 saturated carbocycles. The van der Waals surface area contributed by atoms with E-state index in [9.17, 15) is 0 Å². The normalized spacial score (nSPS) is 21.8. The maximum Gasteiger partial charge on any atom is -1.00 e. The van der Waals surface area contributed by atoms with Crippen LogP contribution < -0.4 is 24.8 Å². The average Bonchev–Trinajstić information content (AvgIpc) is 2.97. The molecule has 0 bridgehead atoms. The van der Waals surface area contributed by atoms with E-state index in [2.05, 4.69) is 38.2 Å². The summed E-state index contributed by atoms with van der Waals surface area (Å²) in [5.41, 5.74) is 1.67. The molecule has 3 aliphatic rings. The van der Waals surface area contributed by atoms with Crippen LogP contribution in [0.25, 0.3) is 0 Å². The van der Waals surface area contributed by atoms with Crippen LogP contribution in [0.5, 0.6) is 0 Å². The van der Waals surface area contributed by atoms with Gasteiger partial charge in [0.25, 0.3) is 0 Å². The zero-order valence-electron chi connectivity index (χ0n) is 13.0. The molecule has 0 amide bonds. The van der Waals surface area contributed by atoms with E-state index in [1.54, 1.807) is 27.0 Å². The van der Waals surface area contributed by atoms with E-state index >= 15 is 0 Å². The van der Waals surface area contributed by atoms with Gasteiger partial charge in [-0.1, -0.05) is 0 Å². The molecule has 0 N–H and O–H groups in total. The van der Waals surface area contributed by atoms with Gasteiger partial charge in [0.1, 0.15) is 0 Å². The number of hydrogen-bond acceptors (Lipinski definition) is 0. The predicted octanol–water partition coefficient (Wildman–Crippen LogP) is -0.673. The third-order valence-corrected chi connectivity index (χ3v) is 15.5. The molecule has 1 aliphatic heterocycles. The van der Waals surface area contributed by atoms with Crippen LogP contribution in [0.2, 0.25) is 18.1 Å². The minimum atomic E-state index is -0.964. The van der Waals surface area contributed by atoms with E-state index in [1.807, 2.05) is 8.48 Å². The van der Waals surface area contributed by atoms with Crippen LogP contribution in [0.1, 0.15) is 39.5 Å². The molecular formula is C17H24Cl2SiZr. The van der Waals surface area contributed by atoms with E-state index in [0.29, 0.717) is 0 Å². The average molecular weight is 419 g/mol. The van der Waals surface area contributed by atoms with Gasteiger partial charge in [-0.15, -0.1) is 0 Å². The second-order valence-corrected chi connectivity index (χ2v) is 14.4. The summed E-state index contributed by atoms with van der Waals surface area (Å²) in [5, 5.41) is 2.03. The second kappa shape index (κ2) is 8.48. The summed E-state index contributed by atoms with van der Waals surface area (Å²) in [5.74, 6) is 0. The van der Waals surface area contributed by atoms with Crippen molar-refractivity contribution >= 4 is 8.07 Å². The predicted molar refractivity (Wildman–Crippen MR) is 82.3 cm³/mol. The smallest absolute Gasteiger partial charge is 1.00 e. The van der Waals surface area contributed by atoms with Crippen molar-refractivity contribution in [3.8, 4) is 0 Å². The molecule has 1 saturated heterocycles. The Morgan fingerprint density at radius 2 is 1.95 bits per heavy atom. The molecule has 114 valence electrons. The quantitative estimate of drug-likeness (QED) is 0.520. The van der Waals surface area contributed by atoms with Crippen molar-refractivity contribution in [2.75, 3.05) is 0 Å². The maximum atomic E-state index is 2.55. The fraction of sp³-hybridized carbons (Fsp3) is 0.529. The number of halogens is 2. The van der Waals surface area contributed by atoms with E-state index in [4.69, 9.17) is 0 Å². The van der Waals surface area contributed by atoms with Crippen molar-refractivity contribution in [3.63, 3.8) is 0 Å². The summed E-state index contributed by atoms with van der Waals surface area (Å²) in [7, 11) is -0.964. The first-order chi connectivity index (χ1) is 9.25. The topological polar surface area (TPSA) is 0 Å². The fourth-order valence-electron chi connectivity index (χ4n) is 3.84. The van der Waals surface area contributed by atoms with Crippen LogP contribution in [0.15, 0.2) is 41.6 Å². The Kier molecular flexibility index (Phi) is 7.95. The van der Waals surface area contributed by atoms with Crippen molar-refractivity contribution in [2.24, 2.45) is 0 Å². The molecule has 0 aromatic rings. The minimum Gasteiger partial charge on any atom is -1.00 e. The summed E-state index contributed by atoms with van der Waals surface area (Å²) in [6, 6.07) is 4.79. The number of hydrogen-bond donors (Lipinski definition) is 0. The Bertz CT molecular complexity index is 499. The molecule has 3 rings (SSSR count). The summed E-state index contributed by atoms with van der Waals surface area (Å²) in [6.07, 6.45) is 15.1. The van der Waals surface area contributed by atoms with E-state index in [1.165, 1.54) is 25.7 Å². The summed E-state index contributed by atoms with van der Waals surface area (Å²) in [4.78, 5) is 0. The van der Waals surface area contributed by atoms with Crippen LogP contribution >= 0.6 is 0 Å². The van der Waals surface area contributed by atoms with Gasteiger partial charge in [-0.2, -0.15) is 0 Å². The van der Waals surface area contributed by atoms with E-state index < -0.39 is 31.3 Å². The zero-order valence-corrected chi connectivity index (χ0v) is 18.0. The molecule has 0 aromatic heterocycles. The Labute approximate surface area is 154 Å². The first-order valence-electron chi connectivity index (χ1n) is 7.79. The van der Waals surface area contributed by atoms with Gasteiger partial charge in [-0.25, -0.2) is 0 Å². The first kappa shape index (κ1) is 19.7. The van der Waals surface area contributed by atoms with Gasteiger partial charge in [0.15, 0.2) is 0 Å². The Morgan fingerprint density at radius 1 is 1.19 bits per heavy atom. The van der Waals surface area contributed by atoms with E-state index in [0.717, 1.165) is 0 Å². The molecule has 0 nitrogen and oxygen atoms in total. The van der Waals surface area contributed by atoms with Crippen LogP contribution in [-0.2, 0) is 23.2 Å². The van der Waals surface area contributed by atoms with Crippen LogP contribution in [0.3, 0.4) is 0 Å². The monoisotopic (exact) mass is 416 g/mol. The standard InChI is InChI=1S/C12H19Si.C5H5.2ClH.Zr/c1-3-7-13(8-4-9-13)12-6-5-11(2)10-12;1-2-4-5-3-1;;;/h5H,3-4,6-9H2,1-2H3;1-3H,4H2;2*1H;/q;;;;+2/p-2. The van der Waals surface area contributed by atoms with Crippen molar-refractivity contribution in [1.82, 2.24) is 0 Å². The van der Waals surface area contributed by atoms with Gasteiger partial charge in [0.05, 0.1) is 0 Å². The third kappa shape index (κ3) is 3.94. The molecule has 0 radical (unpaired) electrons. The Morgan fingerprint density at radius 3 is 2.48 bits per heavy atom. The third-order valence-electron chi connectivity index (χ3n) is 5.04. The summed E-state index contributed by atoms with van der Waals surface area (Å²) in [6.45, 7) is 4.78. The molecular weight excluding hydrogens is 394 g/mol. The maximum absolute atomic E-state index is 2.55. The van der Waals surface area contributed by atoms with Gasteiger partial charge >= 0.3 is 131 Å². The van der Waals surface area contributed by atoms with Gasteiger partial charge < -0.3 is 24.8 Å². The molecule has 21 heavy (non-hydrogen) atoms.